The Labute approximate surface area is 90.5 Å². The number of hydrogen-bond acceptors (Lipinski definition) is 3. The van der Waals surface area contributed by atoms with Gasteiger partial charge in [0.05, 0.1) is 0 Å². The minimum Gasteiger partial charge on any atom is -0.458 e. The van der Waals surface area contributed by atoms with Crippen molar-refractivity contribution in [3.05, 3.63) is 12.2 Å². The molecule has 15 heavy (non-hydrogen) atoms. The summed E-state index contributed by atoms with van der Waals surface area (Å²) in [6.45, 7) is 3.67. The summed E-state index contributed by atoms with van der Waals surface area (Å²) in [5, 5.41) is 0. The summed E-state index contributed by atoms with van der Waals surface area (Å²) >= 11 is 0. The quantitative estimate of drug-likeness (QED) is 0.407. The van der Waals surface area contributed by atoms with E-state index in [1.165, 1.54) is 0 Å². The fraction of sp³-hybridized carbons (Fsp3) is 0.667. The molecule has 1 saturated carbocycles. The molecule has 3 heteroatoms. The van der Waals surface area contributed by atoms with Crippen molar-refractivity contribution in [2.45, 2.75) is 45.6 Å². The summed E-state index contributed by atoms with van der Waals surface area (Å²) in [4.78, 5) is 23.1. The van der Waals surface area contributed by atoms with Gasteiger partial charge in [-0.3, -0.25) is 9.59 Å². The second kappa shape index (κ2) is 5.69. The topological polar surface area (TPSA) is 43.4 Å². The van der Waals surface area contributed by atoms with Gasteiger partial charge in [0.2, 0.25) is 0 Å². The molecule has 0 radical (unpaired) electrons. The zero-order valence-electron chi connectivity index (χ0n) is 9.36. The summed E-state index contributed by atoms with van der Waals surface area (Å²) in [7, 11) is 0. The molecule has 1 aliphatic carbocycles. The third-order valence-corrected chi connectivity index (χ3v) is 2.60. The third-order valence-electron chi connectivity index (χ3n) is 2.60. The van der Waals surface area contributed by atoms with Crippen molar-refractivity contribution in [1.82, 2.24) is 0 Å². The largest absolute Gasteiger partial charge is 0.458 e. The first kappa shape index (κ1) is 12.0. The molecule has 0 spiro atoms. The standard InChI is InChI=1S/C12H18O3/c1-3-6-9(2)15-12(14)10-7-4-5-8-11(10)13/h3,6,9-10H,4-5,7-8H2,1-2H3/b6-3+. The van der Waals surface area contributed by atoms with Gasteiger partial charge in [-0.25, -0.2) is 0 Å². The summed E-state index contributed by atoms with van der Waals surface area (Å²) in [6, 6.07) is 0. The van der Waals surface area contributed by atoms with Gasteiger partial charge in [-0.15, -0.1) is 0 Å². The van der Waals surface area contributed by atoms with E-state index in [2.05, 4.69) is 0 Å². The average Bonchev–Trinajstić information content (AvgIpc) is 2.18. The van der Waals surface area contributed by atoms with E-state index in [1.807, 2.05) is 13.0 Å². The van der Waals surface area contributed by atoms with Gasteiger partial charge < -0.3 is 4.74 Å². The van der Waals surface area contributed by atoms with Crippen LogP contribution < -0.4 is 0 Å². The number of ketones is 1. The average molecular weight is 210 g/mol. The number of allylic oxidation sites excluding steroid dienone is 1. The van der Waals surface area contributed by atoms with E-state index in [0.717, 1.165) is 12.8 Å². The Kier molecular flexibility index (Phi) is 4.53. The van der Waals surface area contributed by atoms with Crippen LogP contribution in [-0.4, -0.2) is 17.9 Å². The molecule has 0 bridgehead atoms. The van der Waals surface area contributed by atoms with Crippen molar-refractivity contribution < 1.29 is 14.3 Å². The van der Waals surface area contributed by atoms with Crippen molar-refractivity contribution in [1.29, 1.82) is 0 Å². The van der Waals surface area contributed by atoms with Crippen LogP contribution in [0.3, 0.4) is 0 Å². The second-order valence-corrected chi connectivity index (χ2v) is 3.93. The molecule has 2 unspecified atom stereocenters. The van der Waals surface area contributed by atoms with Crippen LogP contribution in [0.25, 0.3) is 0 Å². The van der Waals surface area contributed by atoms with Gasteiger partial charge >= 0.3 is 5.97 Å². The Morgan fingerprint density at radius 2 is 2.27 bits per heavy atom. The normalized spacial score (nSPS) is 24.1. The zero-order valence-corrected chi connectivity index (χ0v) is 9.36. The fourth-order valence-electron chi connectivity index (χ4n) is 1.81. The summed E-state index contributed by atoms with van der Waals surface area (Å²) in [6.07, 6.45) is 6.43. The molecule has 1 rings (SSSR count). The molecule has 0 aromatic carbocycles. The lowest BCUT2D eigenvalue weighted by Gasteiger charge is -2.20. The molecule has 0 heterocycles. The first-order chi connectivity index (χ1) is 7.15. The molecule has 0 amide bonds. The molecule has 1 fully saturated rings. The number of rotatable bonds is 3. The Hall–Kier alpha value is -1.12. The van der Waals surface area contributed by atoms with E-state index in [-0.39, 0.29) is 17.9 Å². The predicted molar refractivity (Wildman–Crippen MR) is 57.3 cm³/mol. The number of Topliss-reactive ketones (excluding diaryl/α,β-unsaturated/α-hetero) is 1. The fourth-order valence-corrected chi connectivity index (χ4v) is 1.81. The molecule has 0 N–H and O–H groups in total. The molecule has 0 aliphatic heterocycles. The second-order valence-electron chi connectivity index (χ2n) is 3.93. The van der Waals surface area contributed by atoms with E-state index in [1.54, 1.807) is 13.0 Å². The van der Waals surface area contributed by atoms with Crippen molar-refractivity contribution in [3.8, 4) is 0 Å². The lowest BCUT2D eigenvalue weighted by molar-refractivity contribution is -0.155. The van der Waals surface area contributed by atoms with Crippen molar-refractivity contribution in [2.75, 3.05) is 0 Å². The highest BCUT2D eigenvalue weighted by Gasteiger charge is 2.30. The smallest absolute Gasteiger partial charge is 0.317 e. The van der Waals surface area contributed by atoms with Gasteiger partial charge in [-0.1, -0.05) is 12.5 Å². The number of hydrogen-bond donors (Lipinski definition) is 0. The van der Waals surface area contributed by atoms with E-state index in [0.29, 0.717) is 12.8 Å². The van der Waals surface area contributed by atoms with Crippen LogP contribution in [0.2, 0.25) is 0 Å². The van der Waals surface area contributed by atoms with E-state index >= 15 is 0 Å². The van der Waals surface area contributed by atoms with Gasteiger partial charge in [0.1, 0.15) is 17.8 Å². The number of carbonyl (C=O) groups is 2. The monoisotopic (exact) mass is 210 g/mol. The molecule has 0 saturated heterocycles. The maximum Gasteiger partial charge on any atom is 0.317 e. The lowest BCUT2D eigenvalue weighted by Crippen LogP contribution is -2.30. The van der Waals surface area contributed by atoms with E-state index in [4.69, 9.17) is 4.74 Å². The first-order valence-electron chi connectivity index (χ1n) is 5.51. The van der Waals surface area contributed by atoms with Crippen molar-refractivity contribution in [3.63, 3.8) is 0 Å². The van der Waals surface area contributed by atoms with Gasteiger partial charge in [0.25, 0.3) is 0 Å². The van der Waals surface area contributed by atoms with Gasteiger partial charge in [-0.2, -0.15) is 0 Å². The minimum absolute atomic E-state index is 0.0407. The van der Waals surface area contributed by atoms with Crippen LogP contribution in [-0.2, 0) is 14.3 Å². The van der Waals surface area contributed by atoms with Crippen LogP contribution in [0.4, 0.5) is 0 Å². The van der Waals surface area contributed by atoms with E-state index < -0.39 is 5.92 Å². The van der Waals surface area contributed by atoms with Gasteiger partial charge in [-0.05, 0) is 32.8 Å². The number of esters is 1. The van der Waals surface area contributed by atoms with Crippen LogP contribution in [0.15, 0.2) is 12.2 Å². The Morgan fingerprint density at radius 3 is 2.87 bits per heavy atom. The Morgan fingerprint density at radius 1 is 1.53 bits per heavy atom. The minimum atomic E-state index is -0.508. The van der Waals surface area contributed by atoms with Crippen LogP contribution >= 0.6 is 0 Å². The van der Waals surface area contributed by atoms with Gasteiger partial charge in [0, 0.05) is 6.42 Å². The maximum atomic E-state index is 11.6. The van der Waals surface area contributed by atoms with Crippen LogP contribution in [0, 0.1) is 5.92 Å². The summed E-state index contributed by atoms with van der Waals surface area (Å²) < 4.78 is 5.15. The Bertz CT molecular complexity index is 268. The molecule has 2 atom stereocenters. The molecule has 3 nitrogen and oxygen atoms in total. The van der Waals surface area contributed by atoms with Gasteiger partial charge in [0.15, 0.2) is 0 Å². The zero-order chi connectivity index (χ0) is 11.3. The lowest BCUT2D eigenvalue weighted by atomic mass is 9.88. The van der Waals surface area contributed by atoms with Crippen molar-refractivity contribution >= 4 is 11.8 Å². The predicted octanol–water partition coefficient (Wildman–Crippen LogP) is 2.25. The number of ether oxygens (including phenoxy) is 1. The summed E-state index contributed by atoms with van der Waals surface area (Å²) in [5.41, 5.74) is 0. The maximum absolute atomic E-state index is 11.6. The highest BCUT2D eigenvalue weighted by Crippen LogP contribution is 2.22. The summed E-state index contributed by atoms with van der Waals surface area (Å²) in [5.74, 6) is -0.823. The highest BCUT2D eigenvalue weighted by atomic mass is 16.5. The molecule has 0 aromatic heterocycles. The van der Waals surface area contributed by atoms with Crippen molar-refractivity contribution in [2.24, 2.45) is 5.92 Å². The molecular weight excluding hydrogens is 192 g/mol. The molecular formula is C12H18O3. The SMILES string of the molecule is C/C=C/C(C)OC(=O)C1CCCCC1=O. The molecule has 84 valence electrons. The molecule has 1 aliphatic rings. The highest BCUT2D eigenvalue weighted by molar-refractivity contribution is 5.99. The van der Waals surface area contributed by atoms with Crippen LogP contribution in [0.1, 0.15) is 39.5 Å². The Balaban J connectivity index is 2.48. The first-order valence-corrected chi connectivity index (χ1v) is 5.51. The van der Waals surface area contributed by atoms with Crippen LogP contribution in [0.5, 0.6) is 0 Å². The third kappa shape index (κ3) is 3.50. The number of carbonyl (C=O) groups excluding carboxylic acids is 2. The molecule has 0 aromatic rings. The van der Waals surface area contributed by atoms with E-state index in [9.17, 15) is 9.59 Å².